The van der Waals surface area contributed by atoms with E-state index in [0.29, 0.717) is 5.02 Å². The van der Waals surface area contributed by atoms with Gasteiger partial charge in [0.15, 0.2) is 0 Å². The normalized spacial score (nSPS) is 11.5. The summed E-state index contributed by atoms with van der Waals surface area (Å²) in [5.41, 5.74) is 2.93. The summed E-state index contributed by atoms with van der Waals surface area (Å²) >= 11 is 5.90. The molecule has 0 amide bonds. The first-order valence-electron chi connectivity index (χ1n) is 7.45. The van der Waals surface area contributed by atoms with E-state index in [9.17, 15) is 5.11 Å². The number of benzene rings is 2. The lowest BCUT2D eigenvalue weighted by Gasteiger charge is -2.17. The minimum Gasteiger partial charge on any atom is -0.508 e. The SMILES string of the molecule is CCN(CC)Cc1ccc(N=Cc2cc(O)cc(Cl)c2)cc1. The van der Waals surface area contributed by atoms with E-state index in [2.05, 4.69) is 35.9 Å². The van der Waals surface area contributed by atoms with E-state index >= 15 is 0 Å². The zero-order chi connectivity index (χ0) is 15.9. The summed E-state index contributed by atoms with van der Waals surface area (Å²) in [4.78, 5) is 6.78. The zero-order valence-corrected chi connectivity index (χ0v) is 13.7. The van der Waals surface area contributed by atoms with E-state index in [1.165, 1.54) is 11.6 Å². The number of hydrogen-bond acceptors (Lipinski definition) is 3. The lowest BCUT2D eigenvalue weighted by Crippen LogP contribution is -2.21. The van der Waals surface area contributed by atoms with Crippen molar-refractivity contribution in [3.05, 3.63) is 58.6 Å². The first kappa shape index (κ1) is 16.5. The van der Waals surface area contributed by atoms with Crippen LogP contribution in [0.5, 0.6) is 5.75 Å². The number of nitrogens with zero attached hydrogens (tertiary/aromatic N) is 2. The number of hydrogen-bond donors (Lipinski definition) is 1. The van der Waals surface area contributed by atoms with Gasteiger partial charge >= 0.3 is 0 Å². The fourth-order valence-corrected chi connectivity index (χ4v) is 2.45. The summed E-state index contributed by atoms with van der Waals surface area (Å²) in [6, 6.07) is 13.1. The van der Waals surface area contributed by atoms with Crippen molar-refractivity contribution in [1.29, 1.82) is 0 Å². The summed E-state index contributed by atoms with van der Waals surface area (Å²) in [6.07, 6.45) is 1.70. The quantitative estimate of drug-likeness (QED) is 0.788. The number of rotatable bonds is 6. The van der Waals surface area contributed by atoms with E-state index in [1.54, 1.807) is 18.3 Å². The maximum atomic E-state index is 9.51. The van der Waals surface area contributed by atoms with Crippen LogP contribution in [0.2, 0.25) is 5.02 Å². The third kappa shape index (κ3) is 4.86. The second-order valence-electron chi connectivity index (χ2n) is 5.13. The van der Waals surface area contributed by atoms with Crippen LogP contribution in [0.3, 0.4) is 0 Å². The molecule has 116 valence electrons. The van der Waals surface area contributed by atoms with E-state index in [-0.39, 0.29) is 5.75 Å². The average Bonchev–Trinajstić information content (AvgIpc) is 2.51. The van der Waals surface area contributed by atoms with Gasteiger partial charge in [0.2, 0.25) is 0 Å². The van der Waals surface area contributed by atoms with Gasteiger partial charge in [-0.3, -0.25) is 9.89 Å². The Morgan fingerprint density at radius 1 is 1.09 bits per heavy atom. The third-order valence-electron chi connectivity index (χ3n) is 3.50. The molecule has 0 saturated carbocycles. The highest BCUT2D eigenvalue weighted by atomic mass is 35.5. The van der Waals surface area contributed by atoms with Crippen LogP contribution in [0.25, 0.3) is 0 Å². The molecular formula is C18H21ClN2O. The zero-order valence-electron chi connectivity index (χ0n) is 13.0. The number of phenols is 1. The summed E-state index contributed by atoms with van der Waals surface area (Å²) in [6.45, 7) is 7.40. The van der Waals surface area contributed by atoms with E-state index in [4.69, 9.17) is 11.6 Å². The van der Waals surface area contributed by atoms with Crippen molar-refractivity contribution < 1.29 is 5.11 Å². The lowest BCUT2D eigenvalue weighted by atomic mass is 10.2. The predicted octanol–water partition coefficient (Wildman–Crippen LogP) is 4.64. The Kier molecular flexibility index (Phi) is 5.99. The lowest BCUT2D eigenvalue weighted by molar-refractivity contribution is 0.296. The summed E-state index contributed by atoms with van der Waals surface area (Å²) in [5, 5.41) is 10.0. The predicted molar refractivity (Wildman–Crippen MR) is 93.4 cm³/mol. The molecule has 0 atom stereocenters. The maximum absolute atomic E-state index is 9.51. The minimum absolute atomic E-state index is 0.142. The molecule has 4 heteroatoms. The molecule has 2 aromatic carbocycles. The second kappa shape index (κ2) is 7.97. The Labute approximate surface area is 136 Å². The van der Waals surface area contributed by atoms with Gasteiger partial charge in [-0.15, -0.1) is 0 Å². The van der Waals surface area contributed by atoms with Crippen LogP contribution in [0.4, 0.5) is 5.69 Å². The number of phenolic OH excluding ortho intramolecular Hbond substituents is 1. The first-order valence-corrected chi connectivity index (χ1v) is 7.83. The summed E-state index contributed by atoms with van der Waals surface area (Å²) in [7, 11) is 0. The maximum Gasteiger partial charge on any atom is 0.117 e. The molecule has 2 aromatic rings. The molecule has 1 N–H and O–H groups in total. The van der Waals surface area contributed by atoms with Gasteiger partial charge in [0.1, 0.15) is 5.75 Å². The van der Waals surface area contributed by atoms with Gasteiger partial charge in [0.25, 0.3) is 0 Å². The fourth-order valence-electron chi connectivity index (χ4n) is 2.21. The van der Waals surface area contributed by atoms with Crippen LogP contribution in [0, 0.1) is 0 Å². The molecule has 0 spiro atoms. The monoisotopic (exact) mass is 316 g/mol. The van der Waals surface area contributed by atoms with Crippen LogP contribution < -0.4 is 0 Å². The van der Waals surface area contributed by atoms with Crippen molar-refractivity contribution in [2.24, 2.45) is 4.99 Å². The third-order valence-corrected chi connectivity index (χ3v) is 3.72. The molecular weight excluding hydrogens is 296 g/mol. The molecule has 0 saturated heterocycles. The van der Waals surface area contributed by atoms with Crippen molar-refractivity contribution >= 4 is 23.5 Å². The Bertz CT molecular complexity index is 614. The van der Waals surface area contributed by atoms with Gasteiger partial charge in [-0.25, -0.2) is 0 Å². The average molecular weight is 317 g/mol. The van der Waals surface area contributed by atoms with Crippen LogP contribution in [-0.4, -0.2) is 29.3 Å². The van der Waals surface area contributed by atoms with Crippen LogP contribution in [-0.2, 0) is 6.54 Å². The molecule has 0 bridgehead atoms. The number of aliphatic imine (C=N–C) groups is 1. The molecule has 0 aliphatic rings. The molecule has 0 heterocycles. The van der Waals surface area contributed by atoms with Crippen molar-refractivity contribution in [2.45, 2.75) is 20.4 Å². The van der Waals surface area contributed by atoms with E-state index < -0.39 is 0 Å². The number of aromatic hydroxyl groups is 1. The van der Waals surface area contributed by atoms with Crippen molar-refractivity contribution in [2.75, 3.05) is 13.1 Å². The molecule has 0 fully saturated rings. The van der Waals surface area contributed by atoms with E-state index in [0.717, 1.165) is 30.9 Å². The Balaban J connectivity index is 2.05. The van der Waals surface area contributed by atoms with Gasteiger partial charge in [-0.1, -0.05) is 37.6 Å². The number of halogens is 1. The first-order chi connectivity index (χ1) is 10.6. The highest BCUT2D eigenvalue weighted by Gasteiger charge is 2.01. The summed E-state index contributed by atoms with van der Waals surface area (Å²) in [5.74, 6) is 0.142. The molecule has 0 aromatic heterocycles. The minimum atomic E-state index is 0.142. The Hall–Kier alpha value is -1.84. The van der Waals surface area contributed by atoms with Gasteiger partial charge in [0.05, 0.1) is 5.69 Å². The summed E-state index contributed by atoms with van der Waals surface area (Å²) < 4.78 is 0. The second-order valence-corrected chi connectivity index (χ2v) is 5.57. The van der Waals surface area contributed by atoms with Gasteiger partial charge < -0.3 is 5.11 Å². The Morgan fingerprint density at radius 3 is 2.36 bits per heavy atom. The molecule has 0 aliphatic heterocycles. The highest BCUT2D eigenvalue weighted by molar-refractivity contribution is 6.31. The smallest absolute Gasteiger partial charge is 0.117 e. The van der Waals surface area contributed by atoms with Crippen molar-refractivity contribution in [3.63, 3.8) is 0 Å². The van der Waals surface area contributed by atoms with Crippen molar-refractivity contribution in [3.8, 4) is 5.75 Å². The molecule has 22 heavy (non-hydrogen) atoms. The molecule has 2 rings (SSSR count). The van der Waals surface area contributed by atoms with E-state index in [1.807, 2.05) is 12.1 Å². The molecule has 0 aliphatic carbocycles. The highest BCUT2D eigenvalue weighted by Crippen LogP contribution is 2.20. The molecule has 0 unspecified atom stereocenters. The van der Waals surface area contributed by atoms with Crippen LogP contribution >= 0.6 is 11.6 Å². The van der Waals surface area contributed by atoms with Gasteiger partial charge in [-0.2, -0.15) is 0 Å². The van der Waals surface area contributed by atoms with Gasteiger partial charge in [-0.05, 0) is 54.5 Å². The van der Waals surface area contributed by atoms with Crippen LogP contribution in [0.15, 0.2) is 47.5 Å². The molecule has 3 nitrogen and oxygen atoms in total. The van der Waals surface area contributed by atoms with Crippen LogP contribution in [0.1, 0.15) is 25.0 Å². The van der Waals surface area contributed by atoms with Gasteiger partial charge in [0, 0.05) is 17.8 Å². The fraction of sp³-hybridized carbons (Fsp3) is 0.278. The van der Waals surface area contributed by atoms with Crippen molar-refractivity contribution in [1.82, 2.24) is 4.90 Å². The Morgan fingerprint density at radius 2 is 1.77 bits per heavy atom. The molecule has 0 radical (unpaired) electrons. The largest absolute Gasteiger partial charge is 0.508 e. The standard InChI is InChI=1S/C18H21ClN2O/c1-3-21(4-2)13-14-5-7-17(8-6-14)20-12-15-9-16(19)11-18(22)10-15/h5-12,22H,3-4,13H2,1-2H3. The topological polar surface area (TPSA) is 35.8 Å².